The van der Waals surface area contributed by atoms with E-state index in [4.69, 9.17) is 0 Å². The summed E-state index contributed by atoms with van der Waals surface area (Å²) in [7, 11) is 3.91. The number of anilines is 1. The number of nitrogens with one attached hydrogen (secondary N) is 1. The Kier molecular flexibility index (Phi) is 7.27. The van der Waals surface area contributed by atoms with Gasteiger partial charge in [0.2, 0.25) is 5.91 Å². The van der Waals surface area contributed by atoms with E-state index in [1.807, 2.05) is 55.6 Å². The molecule has 1 atom stereocenters. The number of halogens is 2. The fraction of sp³-hybridized carbons (Fsp3) is 0.286. The summed E-state index contributed by atoms with van der Waals surface area (Å²) in [6.07, 6.45) is 0. The summed E-state index contributed by atoms with van der Waals surface area (Å²) in [5.74, 6) is 0.438. The van der Waals surface area contributed by atoms with Gasteiger partial charge in [-0.25, -0.2) is 4.39 Å². The van der Waals surface area contributed by atoms with E-state index in [1.54, 1.807) is 12.1 Å². The smallest absolute Gasteiger partial charge is 0.234 e. The van der Waals surface area contributed by atoms with Gasteiger partial charge >= 0.3 is 0 Å². The molecule has 1 heterocycles. The number of carbonyl (C=O) groups excluding carboxylic acids is 1. The number of aromatic nitrogens is 3. The minimum atomic E-state index is -0.313. The summed E-state index contributed by atoms with van der Waals surface area (Å²) in [6.45, 7) is 3.98. The van der Waals surface area contributed by atoms with Crippen LogP contribution in [-0.2, 0) is 4.79 Å². The maximum absolute atomic E-state index is 13.4. The SMILES string of the molecule is Cc1cc(NC(=O)CSc2nnc([C@@H](C)N(C)C)n2-c2ccc(F)cc2)ccc1Br. The first-order valence-electron chi connectivity index (χ1n) is 9.32. The summed E-state index contributed by atoms with van der Waals surface area (Å²) in [5.41, 5.74) is 2.53. The minimum absolute atomic E-state index is 0.0172. The highest BCUT2D eigenvalue weighted by atomic mass is 79.9. The molecule has 0 bridgehead atoms. The van der Waals surface area contributed by atoms with Crippen LogP contribution >= 0.6 is 27.7 Å². The van der Waals surface area contributed by atoms with E-state index in [1.165, 1.54) is 23.9 Å². The maximum atomic E-state index is 13.4. The Bertz CT molecular complexity index is 1040. The van der Waals surface area contributed by atoms with Gasteiger partial charge in [0.15, 0.2) is 11.0 Å². The molecule has 30 heavy (non-hydrogen) atoms. The highest BCUT2D eigenvalue weighted by Gasteiger charge is 2.21. The first kappa shape index (κ1) is 22.5. The summed E-state index contributed by atoms with van der Waals surface area (Å²) in [5, 5.41) is 12.1. The van der Waals surface area contributed by atoms with Crippen LogP contribution in [-0.4, -0.2) is 45.4 Å². The molecular formula is C21H23BrFN5OS. The van der Waals surface area contributed by atoms with E-state index in [9.17, 15) is 9.18 Å². The molecule has 0 saturated heterocycles. The molecule has 6 nitrogen and oxygen atoms in total. The van der Waals surface area contributed by atoms with Gasteiger partial charge in [-0.05, 0) is 76.0 Å². The second-order valence-electron chi connectivity index (χ2n) is 7.09. The Balaban J connectivity index is 1.80. The Labute approximate surface area is 188 Å². The number of nitrogens with zero attached hydrogens (tertiary/aromatic N) is 4. The van der Waals surface area contributed by atoms with Crippen molar-refractivity contribution in [3.05, 3.63) is 64.1 Å². The van der Waals surface area contributed by atoms with Crippen LogP contribution in [0.5, 0.6) is 0 Å². The molecule has 1 N–H and O–H groups in total. The molecule has 0 aliphatic carbocycles. The van der Waals surface area contributed by atoms with E-state index in [-0.39, 0.29) is 23.5 Å². The van der Waals surface area contributed by atoms with Crippen LogP contribution in [0.2, 0.25) is 0 Å². The molecule has 0 aliphatic rings. The number of benzene rings is 2. The van der Waals surface area contributed by atoms with Crippen LogP contribution in [0.4, 0.5) is 10.1 Å². The van der Waals surface area contributed by atoms with E-state index in [2.05, 4.69) is 31.4 Å². The van der Waals surface area contributed by atoms with Crippen LogP contribution in [0, 0.1) is 12.7 Å². The van der Waals surface area contributed by atoms with E-state index < -0.39 is 0 Å². The van der Waals surface area contributed by atoms with Gasteiger partial charge < -0.3 is 5.32 Å². The van der Waals surface area contributed by atoms with Crippen molar-refractivity contribution in [1.29, 1.82) is 0 Å². The normalized spacial score (nSPS) is 12.2. The fourth-order valence-electron chi connectivity index (χ4n) is 2.76. The standard InChI is InChI=1S/C21H23BrFN5OS/c1-13-11-16(7-10-18(13)22)24-19(29)12-30-21-26-25-20(14(2)27(3)4)28(21)17-8-5-15(23)6-9-17/h5-11,14H,12H2,1-4H3,(H,24,29)/t14-/m1/s1. The maximum Gasteiger partial charge on any atom is 0.234 e. The van der Waals surface area contributed by atoms with Gasteiger partial charge in [0.25, 0.3) is 0 Å². The van der Waals surface area contributed by atoms with Crippen molar-refractivity contribution in [3.63, 3.8) is 0 Å². The number of thioether (sulfide) groups is 1. The summed E-state index contributed by atoms with van der Waals surface area (Å²) >= 11 is 4.74. The van der Waals surface area contributed by atoms with E-state index >= 15 is 0 Å². The molecule has 9 heteroatoms. The van der Waals surface area contributed by atoms with Crippen molar-refractivity contribution in [3.8, 4) is 5.69 Å². The number of carbonyl (C=O) groups is 1. The Morgan fingerprint density at radius 1 is 1.23 bits per heavy atom. The molecule has 0 aliphatic heterocycles. The number of rotatable bonds is 7. The summed E-state index contributed by atoms with van der Waals surface area (Å²) in [6, 6.07) is 11.8. The van der Waals surface area contributed by atoms with E-state index in [0.717, 1.165) is 27.2 Å². The summed E-state index contributed by atoms with van der Waals surface area (Å²) < 4.78 is 16.3. The van der Waals surface area contributed by atoms with Gasteiger partial charge in [-0.1, -0.05) is 27.7 Å². The minimum Gasteiger partial charge on any atom is -0.325 e. The van der Waals surface area contributed by atoms with Gasteiger partial charge in [-0.2, -0.15) is 0 Å². The Morgan fingerprint density at radius 3 is 2.57 bits per heavy atom. The topological polar surface area (TPSA) is 63.1 Å². The lowest BCUT2D eigenvalue weighted by molar-refractivity contribution is -0.113. The van der Waals surface area contributed by atoms with Gasteiger partial charge in [-0.3, -0.25) is 14.3 Å². The summed E-state index contributed by atoms with van der Waals surface area (Å²) in [4.78, 5) is 14.5. The molecular weight excluding hydrogens is 469 g/mol. The van der Waals surface area contributed by atoms with Crippen LogP contribution in [0.25, 0.3) is 5.69 Å². The quantitative estimate of drug-likeness (QED) is 0.479. The van der Waals surface area contributed by atoms with Crippen LogP contribution < -0.4 is 5.32 Å². The molecule has 0 saturated carbocycles. The average molecular weight is 492 g/mol. The first-order chi connectivity index (χ1) is 14.3. The van der Waals surface area contributed by atoms with Crippen LogP contribution in [0.1, 0.15) is 24.4 Å². The zero-order valence-corrected chi connectivity index (χ0v) is 19.6. The monoisotopic (exact) mass is 491 g/mol. The van der Waals surface area contributed by atoms with Gasteiger partial charge in [0.05, 0.1) is 11.8 Å². The largest absolute Gasteiger partial charge is 0.325 e. The number of hydrogen-bond donors (Lipinski definition) is 1. The fourth-order valence-corrected chi connectivity index (χ4v) is 3.76. The number of aryl methyl sites for hydroxylation is 1. The molecule has 1 amide bonds. The molecule has 0 fully saturated rings. The number of hydrogen-bond acceptors (Lipinski definition) is 5. The Hall–Kier alpha value is -2.23. The van der Waals surface area contributed by atoms with Gasteiger partial charge in [0.1, 0.15) is 5.82 Å². The predicted molar refractivity (Wildman–Crippen MR) is 122 cm³/mol. The van der Waals surface area contributed by atoms with Gasteiger partial charge in [0, 0.05) is 15.8 Å². The van der Waals surface area contributed by atoms with Crippen LogP contribution in [0.15, 0.2) is 52.1 Å². The molecule has 3 aromatic rings. The Morgan fingerprint density at radius 2 is 1.93 bits per heavy atom. The molecule has 0 unspecified atom stereocenters. The third-order valence-electron chi connectivity index (χ3n) is 4.67. The van der Waals surface area contributed by atoms with Crippen LogP contribution in [0.3, 0.4) is 0 Å². The molecule has 2 aromatic carbocycles. The van der Waals surface area contributed by atoms with Crippen molar-refractivity contribution in [2.45, 2.75) is 25.0 Å². The van der Waals surface area contributed by atoms with Crippen molar-refractivity contribution in [1.82, 2.24) is 19.7 Å². The lowest BCUT2D eigenvalue weighted by Crippen LogP contribution is -2.21. The second-order valence-corrected chi connectivity index (χ2v) is 8.89. The van der Waals surface area contributed by atoms with Gasteiger partial charge in [-0.15, -0.1) is 10.2 Å². The van der Waals surface area contributed by atoms with E-state index in [0.29, 0.717) is 5.16 Å². The lowest BCUT2D eigenvalue weighted by atomic mass is 10.2. The molecule has 1 aromatic heterocycles. The molecule has 3 rings (SSSR count). The predicted octanol–water partition coefficient (Wildman–Crippen LogP) is 4.83. The average Bonchev–Trinajstić information content (AvgIpc) is 3.13. The molecule has 158 valence electrons. The highest BCUT2D eigenvalue weighted by Crippen LogP contribution is 2.27. The first-order valence-corrected chi connectivity index (χ1v) is 11.1. The van der Waals surface area contributed by atoms with Crippen molar-refractivity contribution in [2.75, 3.05) is 25.2 Å². The zero-order valence-electron chi connectivity index (χ0n) is 17.2. The van der Waals surface area contributed by atoms with Crippen molar-refractivity contribution >= 4 is 39.3 Å². The molecule has 0 spiro atoms. The lowest BCUT2D eigenvalue weighted by Gasteiger charge is -2.20. The van der Waals surface area contributed by atoms with Crippen molar-refractivity contribution in [2.24, 2.45) is 0 Å². The van der Waals surface area contributed by atoms with Crippen molar-refractivity contribution < 1.29 is 9.18 Å². The highest BCUT2D eigenvalue weighted by molar-refractivity contribution is 9.10. The zero-order chi connectivity index (χ0) is 21.8. The second kappa shape index (κ2) is 9.72. The molecule has 0 radical (unpaired) electrons. The third-order valence-corrected chi connectivity index (χ3v) is 6.48. The number of amides is 1. The third kappa shape index (κ3) is 5.27.